The zero-order chi connectivity index (χ0) is 15.4. The normalized spacial score (nSPS) is 10.2. The molecule has 1 amide bonds. The molecule has 0 bridgehead atoms. The van der Waals surface area contributed by atoms with Crippen LogP contribution in [0.25, 0.3) is 11.3 Å². The summed E-state index contributed by atoms with van der Waals surface area (Å²) in [5.74, 6) is -0.232. The van der Waals surface area contributed by atoms with Crippen LogP contribution < -0.4 is 10.9 Å². The van der Waals surface area contributed by atoms with E-state index in [0.29, 0.717) is 10.6 Å². The molecule has 5 nitrogen and oxygen atoms in total. The number of aromatic nitrogens is 2. The fraction of sp³-hybridized carbons (Fsp3) is 0. The van der Waals surface area contributed by atoms with Crippen LogP contribution in [0.4, 0.5) is 5.69 Å². The first-order chi connectivity index (χ1) is 10.7. The van der Waals surface area contributed by atoms with E-state index in [0.717, 1.165) is 16.9 Å². The van der Waals surface area contributed by atoms with Crippen molar-refractivity contribution >= 4 is 34.7 Å². The number of anilines is 1. The van der Waals surface area contributed by atoms with Gasteiger partial charge < -0.3 is 0 Å². The fourth-order valence-corrected chi connectivity index (χ4v) is 2.41. The summed E-state index contributed by atoms with van der Waals surface area (Å²) in [7, 11) is 0. The van der Waals surface area contributed by atoms with Crippen LogP contribution in [-0.4, -0.2) is 15.5 Å². The van der Waals surface area contributed by atoms with E-state index in [4.69, 9.17) is 11.6 Å². The maximum atomic E-state index is 11.9. The molecule has 0 spiro atoms. The molecule has 1 aromatic heterocycles. The number of halogens is 1. The van der Waals surface area contributed by atoms with Crippen LogP contribution in [-0.2, 0) is 0 Å². The highest BCUT2D eigenvalue weighted by molar-refractivity contribution is 7.03. The molecule has 110 valence electrons. The molecule has 2 N–H and O–H groups in total. The molecule has 0 saturated heterocycles. The van der Waals surface area contributed by atoms with E-state index < -0.39 is 0 Å². The molecule has 0 aliphatic carbocycles. The number of nitrogens with one attached hydrogen (secondary N) is 2. The second-order valence-electron chi connectivity index (χ2n) is 4.45. The summed E-state index contributed by atoms with van der Waals surface area (Å²) >= 11 is 7.10. The summed E-state index contributed by atoms with van der Waals surface area (Å²) in [6.07, 6.45) is 0. The Bertz CT molecular complexity index is 757. The van der Waals surface area contributed by atoms with Gasteiger partial charge in [-0.1, -0.05) is 28.2 Å². The van der Waals surface area contributed by atoms with Crippen molar-refractivity contribution in [3.63, 3.8) is 0 Å². The summed E-state index contributed by atoms with van der Waals surface area (Å²) in [6.45, 7) is 0. The van der Waals surface area contributed by atoms with Crippen molar-refractivity contribution in [2.24, 2.45) is 0 Å². The van der Waals surface area contributed by atoms with Gasteiger partial charge in [0.25, 0.3) is 5.91 Å². The molecule has 22 heavy (non-hydrogen) atoms. The van der Waals surface area contributed by atoms with Crippen molar-refractivity contribution in [1.82, 2.24) is 15.0 Å². The van der Waals surface area contributed by atoms with E-state index >= 15 is 0 Å². The minimum atomic E-state index is -0.232. The number of carbonyl (C=O) groups excluding carboxylic acids is 1. The fourth-order valence-electron chi connectivity index (χ4n) is 1.82. The van der Waals surface area contributed by atoms with Gasteiger partial charge in [-0.2, -0.15) is 0 Å². The number of rotatable bonds is 4. The smallest absolute Gasteiger partial charge is 0.269 e. The molecule has 3 rings (SSSR count). The first-order valence-corrected chi connectivity index (χ1v) is 7.63. The van der Waals surface area contributed by atoms with Gasteiger partial charge in [0.2, 0.25) is 0 Å². The third-order valence-corrected chi connectivity index (χ3v) is 3.72. The van der Waals surface area contributed by atoms with Crippen LogP contribution in [0, 0.1) is 0 Å². The third kappa shape index (κ3) is 3.41. The Morgan fingerprint density at radius 2 is 1.77 bits per heavy atom. The largest absolute Gasteiger partial charge is 0.298 e. The number of hydrazine groups is 1. The second kappa shape index (κ2) is 6.55. The van der Waals surface area contributed by atoms with Gasteiger partial charge in [-0.25, -0.2) is 0 Å². The molecule has 0 aliphatic rings. The van der Waals surface area contributed by atoms with E-state index in [1.807, 2.05) is 29.6 Å². The number of carbonyl (C=O) groups is 1. The molecule has 0 radical (unpaired) electrons. The topological polar surface area (TPSA) is 66.9 Å². The lowest BCUT2D eigenvalue weighted by Crippen LogP contribution is -2.29. The maximum Gasteiger partial charge on any atom is 0.269 e. The van der Waals surface area contributed by atoms with Crippen molar-refractivity contribution in [2.75, 3.05) is 5.43 Å². The minimum absolute atomic E-state index is 0.232. The molecule has 0 aliphatic heterocycles. The first-order valence-electron chi connectivity index (χ1n) is 6.42. The van der Waals surface area contributed by atoms with Crippen LogP contribution in [0.3, 0.4) is 0 Å². The Hall–Kier alpha value is -2.44. The van der Waals surface area contributed by atoms with Crippen LogP contribution in [0.5, 0.6) is 0 Å². The zero-order valence-corrected chi connectivity index (χ0v) is 12.9. The van der Waals surface area contributed by atoms with E-state index in [9.17, 15) is 4.79 Å². The molecule has 7 heteroatoms. The molecule has 1 heterocycles. The summed E-state index contributed by atoms with van der Waals surface area (Å²) in [4.78, 5) is 11.9. The SMILES string of the molecule is O=C(NNc1ccc(-c2csnn2)cc1)c1ccc(Cl)cc1. The van der Waals surface area contributed by atoms with Crippen molar-refractivity contribution in [2.45, 2.75) is 0 Å². The molecular formula is C15H11ClN4OS. The lowest BCUT2D eigenvalue weighted by atomic mass is 10.1. The van der Waals surface area contributed by atoms with Crippen LogP contribution in [0.1, 0.15) is 10.4 Å². The maximum absolute atomic E-state index is 11.9. The lowest BCUT2D eigenvalue weighted by Gasteiger charge is -2.09. The van der Waals surface area contributed by atoms with Crippen LogP contribution in [0.2, 0.25) is 5.02 Å². The standard InChI is InChI=1S/C15H11ClN4OS/c16-12-5-1-11(2-6-12)15(21)19-17-13-7-3-10(4-8-13)14-9-22-20-18-14/h1-9,17H,(H,19,21). The van der Waals surface area contributed by atoms with Gasteiger partial charge >= 0.3 is 0 Å². The van der Waals surface area contributed by atoms with Gasteiger partial charge in [0.1, 0.15) is 5.69 Å². The van der Waals surface area contributed by atoms with E-state index in [-0.39, 0.29) is 5.91 Å². The average Bonchev–Trinajstić information content (AvgIpc) is 3.08. The Kier molecular flexibility index (Phi) is 4.32. The van der Waals surface area contributed by atoms with Gasteiger partial charge in [-0.15, -0.1) is 5.10 Å². The van der Waals surface area contributed by atoms with Crippen molar-refractivity contribution in [1.29, 1.82) is 0 Å². The third-order valence-electron chi connectivity index (χ3n) is 2.97. The zero-order valence-electron chi connectivity index (χ0n) is 11.3. The molecular weight excluding hydrogens is 320 g/mol. The number of nitrogens with zero attached hydrogens (tertiary/aromatic N) is 2. The molecule has 0 fully saturated rings. The van der Waals surface area contributed by atoms with Gasteiger partial charge in [0.15, 0.2) is 0 Å². The molecule has 0 atom stereocenters. The monoisotopic (exact) mass is 330 g/mol. The van der Waals surface area contributed by atoms with Crippen molar-refractivity contribution < 1.29 is 4.79 Å². The first kappa shape index (κ1) is 14.5. The molecule has 3 aromatic rings. The van der Waals surface area contributed by atoms with E-state index in [1.165, 1.54) is 11.5 Å². The minimum Gasteiger partial charge on any atom is -0.298 e. The molecule has 0 unspecified atom stereocenters. The Morgan fingerprint density at radius 3 is 2.41 bits per heavy atom. The number of hydrogen-bond acceptors (Lipinski definition) is 5. The Labute approximate surface area is 136 Å². The van der Waals surface area contributed by atoms with Gasteiger partial charge in [-0.05, 0) is 47.9 Å². The highest BCUT2D eigenvalue weighted by Crippen LogP contribution is 2.19. The summed E-state index contributed by atoms with van der Waals surface area (Å²) in [5.41, 5.74) is 8.61. The number of hydrogen-bond donors (Lipinski definition) is 2. The quantitative estimate of drug-likeness (QED) is 0.717. The number of amides is 1. The van der Waals surface area contributed by atoms with Crippen LogP contribution >= 0.6 is 23.1 Å². The molecule has 0 saturated carbocycles. The van der Waals surface area contributed by atoms with Crippen molar-refractivity contribution in [3.8, 4) is 11.3 Å². The lowest BCUT2D eigenvalue weighted by molar-refractivity contribution is 0.0962. The van der Waals surface area contributed by atoms with E-state index in [2.05, 4.69) is 20.4 Å². The Balaban J connectivity index is 1.61. The predicted octanol–water partition coefficient (Wildman–Crippen LogP) is 3.62. The summed E-state index contributed by atoms with van der Waals surface area (Å²) in [6, 6.07) is 14.2. The Morgan fingerprint density at radius 1 is 1.05 bits per heavy atom. The van der Waals surface area contributed by atoms with Gasteiger partial charge in [-0.3, -0.25) is 15.6 Å². The summed E-state index contributed by atoms with van der Waals surface area (Å²) < 4.78 is 3.83. The highest BCUT2D eigenvalue weighted by atomic mass is 35.5. The van der Waals surface area contributed by atoms with Gasteiger partial charge in [0.05, 0.1) is 5.69 Å². The second-order valence-corrected chi connectivity index (χ2v) is 5.50. The average molecular weight is 331 g/mol. The molecule has 2 aromatic carbocycles. The highest BCUT2D eigenvalue weighted by Gasteiger charge is 2.05. The van der Waals surface area contributed by atoms with E-state index in [1.54, 1.807) is 24.3 Å². The summed E-state index contributed by atoms with van der Waals surface area (Å²) in [5, 5.41) is 6.48. The number of benzene rings is 2. The predicted molar refractivity (Wildman–Crippen MR) is 87.9 cm³/mol. The van der Waals surface area contributed by atoms with Crippen molar-refractivity contribution in [3.05, 3.63) is 64.5 Å². The van der Waals surface area contributed by atoms with Gasteiger partial charge in [0, 0.05) is 21.5 Å². The van der Waals surface area contributed by atoms with Crippen LogP contribution in [0.15, 0.2) is 53.9 Å².